The van der Waals surface area contributed by atoms with Crippen molar-refractivity contribution in [2.24, 2.45) is 5.41 Å². The average Bonchev–Trinajstić information content (AvgIpc) is 2.50. The number of esters is 1. The summed E-state index contributed by atoms with van der Waals surface area (Å²) in [5.41, 5.74) is -1.50. The minimum absolute atomic E-state index is 0.263. The molecule has 0 unspecified atom stereocenters. The first kappa shape index (κ1) is 9.93. The molecule has 2 rings (SSSR count). The van der Waals surface area contributed by atoms with Crippen LogP contribution in [-0.2, 0) is 9.53 Å². The van der Waals surface area contributed by atoms with Crippen LogP contribution in [0.5, 0.6) is 0 Å². The topological polar surface area (TPSA) is 58.6 Å². The van der Waals surface area contributed by atoms with Gasteiger partial charge in [0.15, 0.2) is 0 Å². The summed E-state index contributed by atoms with van der Waals surface area (Å²) in [5, 5.41) is 13.5. The summed E-state index contributed by atoms with van der Waals surface area (Å²) >= 11 is 0. The molecule has 1 aliphatic heterocycles. The van der Waals surface area contributed by atoms with E-state index in [0.717, 1.165) is 25.7 Å². The first-order valence-electron chi connectivity index (χ1n) is 5.16. The number of aliphatic hydroxyl groups is 1. The van der Waals surface area contributed by atoms with Crippen molar-refractivity contribution in [2.45, 2.75) is 31.3 Å². The second-order valence-electron chi connectivity index (χ2n) is 4.42. The van der Waals surface area contributed by atoms with Gasteiger partial charge in [0.05, 0.1) is 12.7 Å². The molecule has 4 heteroatoms. The standard InChI is InChI=1S/C10H17NO3/c1-14-8(12)9(6-11-7-9)10(13)4-2-3-5-10/h11,13H,2-7H2,1H3. The van der Waals surface area contributed by atoms with Gasteiger partial charge in [-0.05, 0) is 12.8 Å². The van der Waals surface area contributed by atoms with E-state index in [9.17, 15) is 9.90 Å². The van der Waals surface area contributed by atoms with E-state index in [1.807, 2.05) is 0 Å². The summed E-state index contributed by atoms with van der Waals surface area (Å²) < 4.78 is 4.80. The molecule has 0 aromatic rings. The molecule has 0 atom stereocenters. The summed E-state index contributed by atoms with van der Waals surface area (Å²) in [5.74, 6) is -0.263. The first-order chi connectivity index (χ1) is 6.65. The molecule has 14 heavy (non-hydrogen) atoms. The van der Waals surface area contributed by atoms with Gasteiger partial charge in [0.2, 0.25) is 0 Å². The molecule has 4 nitrogen and oxygen atoms in total. The predicted molar refractivity (Wildman–Crippen MR) is 50.7 cm³/mol. The molecule has 1 saturated carbocycles. The highest BCUT2D eigenvalue weighted by Crippen LogP contribution is 2.46. The fraction of sp³-hybridized carbons (Fsp3) is 0.900. The van der Waals surface area contributed by atoms with Gasteiger partial charge in [0.25, 0.3) is 0 Å². The van der Waals surface area contributed by atoms with Crippen molar-refractivity contribution in [3.8, 4) is 0 Å². The number of carbonyl (C=O) groups excluding carboxylic acids is 1. The van der Waals surface area contributed by atoms with Crippen molar-refractivity contribution in [3.63, 3.8) is 0 Å². The zero-order valence-corrected chi connectivity index (χ0v) is 8.51. The highest BCUT2D eigenvalue weighted by Gasteiger charge is 2.60. The van der Waals surface area contributed by atoms with Crippen molar-refractivity contribution >= 4 is 5.97 Å². The van der Waals surface area contributed by atoms with E-state index in [1.54, 1.807) is 0 Å². The molecule has 80 valence electrons. The number of rotatable bonds is 2. The van der Waals surface area contributed by atoms with Crippen molar-refractivity contribution in [1.82, 2.24) is 5.32 Å². The third kappa shape index (κ3) is 1.10. The number of hydrogen-bond donors (Lipinski definition) is 2. The van der Waals surface area contributed by atoms with Gasteiger partial charge in [0.1, 0.15) is 5.41 Å². The quantitative estimate of drug-likeness (QED) is 0.617. The van der Waals surface area contributed by atoms with Gasteiger partial charge >= 0.3 is 5.97 Å². The van der Waals surface area contributed by atoms with Gasteiger partial charge in [-0.2, -0.15) is 0 Å². The Balaban J connectivity index is 2.23. The van der Waals surface area contributed by atoms with Crippen LogP contribution in [0.3, 0.4) is 0 Å². The fourth-order valence-corrected chi connectivity index (χ4v) is 2.67. The summed E-state index contributed by atoms with van der Waals surface area (Å²) in [4.78, 5) is 11.7. The lowest BCUT2D eigenvalue weighted by atomic mass is 9.66. The molecule has 0 aromatic carbocycles. The molecular formula is C10H17NO3. The van der Waals surface area contributed by atoms with E-state index in [1.165, 1.54) is 7.11 Å². The van der Waals surface area contributed by atoms with Crippen LogP contribution in [0, 0.1) is 5.41 Å². The number of ether oxygens (including phenoxy) is 1. The Hall–Kier alpha value is -0.610. The van der Waals surface area contributed by atoms with Crippen LogP contribution in [0.2, 0.25) is 0 Å². The molecule has 1 aliphatic carbocycles. The molecule has 0 amide bonds. The molecule has 0 spiro atoms. The third-order valence-electron chi connectivity index (χ3n) is 3.75. The van der Waals surface area contributed by atoms with Crippen LogP contribution in [0.15, 0.2) is 0 Å². The van der Waals surface area contributed by atoms with Crippen LogP contribution in [0.4, 0.5) is 0 Å². The fourth-order valence-electron chi connectivity index (χ4n) is 2.67. The lowest BCUT2D eigenvalue weighted by Gasteiger charge is -2.49. The Bertz CT molecular complexity index is 242. The average molecular weight is 199 g/mol. The smallest absolute Gasteiger partial charge is 0.317 e. The maximum absolute atomic E-state index is 11.7. The van der Waals surface area contributed by atoms with E-state index >= 15 is 0 Å². The Labute approximate surface area is 83.6 Å². The summed E-state index contributed by atoms with van der Waals surface area (Å²) in [6.45, 7) is 1.10. The Morgan fingerprint density at radius 1 is 1.36 bits per heavy atom. The molecule has 0 radical (unpaired) electrons. The molecule has 0 aromatic heterocycles. The molecule has 0 bridgehead atoms. The molecule has 2 fully saturated rings. The van der Waals surface area contributed by atoms with Crippen LogP contribution in [0.1, 0.15) is 25.7 Å². The van der Waals surface area contributed by atoms with E-state index in [-0.39, 0.29) is 5.97 Å². The van der Waals surface area contributed by atoms with Crippen molar-refractivity contribution in [1.29, 1.82) is 0 Å². The monoisotopic (exact) mass is 199 g/mol. The minimum Gasteiger partial charge on any atom is -0.468 e. The Morgan fingerprint density at radius 3 is 2.29 bits per heavy atom. The van der Waals surface area contributed by atoms with Crippen molar-refractivity contribution < 1.29 is 14.6 Å². The maximum Gasteiger partial charge on any atom is 0.317 e. The lowest BCUT2D eigenvalue weighted by molar-refractivity contribution is -0.180. The van der Waals surface area contributed by atoms with Gasteiger partial charge in [0, 0.05) is 13.1 Å². The van der Waals surface area contributed by atoms with Gasteiger partial charge < -0.3 is 15.2 Å². The zero-order valence-electron chi connectivity index (χ0n) is 8.51. The van der Waals surface area contributed by atoms with E-state index < -0.39 is 11.0 Å². The largest absolute Gasteiger partial charge is 0.468 e. The minimum atomic E-state index is -0.828. The van der Waals surface area contributed by atoms with Crippen molar-refractivity contribution in [2.75, 3.05) is 20.2 Å². The molecule has 2 aliphatic rings. The molecular weight excluding hydrogens is 182 g/mol. The normalized spacial score (nSPS) is 28.1. The number of carbonyl (C=O) groups is 1. The highest BCUT2D eigenvalue weighted by molar-refractivity contribution is 5.80. The van der Waals surface area contributed by atoms with Crippen LogP contribution >= 0.6 is 0 Å². The third-order valence-corrected chi connectivity index (χ3v) is 3.75. The predicted octanol–water partition coefficient (Wildman–Crippen LogP) is 0.0541. The highest BCUT2D eigenvalue weighted by atomic mass is 16.5. The SMILES string of the molecule is COC(=O)C1(C2(O)CCCC2)CNC1. The van der Waals surface area contributed by atoms with E-state index in [2.05, 4.69) is 5.32 Å². The molecule has 1 heterocycles. The van der Waals surface area contributed by atoms with E-state index in [0.29, 0.717) is 13.1 Å². The first-order valence-corrected chi connectivity index (χ1v) is 5.16. The summed E-state index contributed by atoms with van der Waals surface area (Å²) in [7, 11) is 1.39. The van der Waals surface area contributed by atoms with Crippen LogP contribution < -0.4 is 5.32 Å². The second kappa shape index (κ2) is 3.21. The van der Waals surface area contributed by atoms with Gasteiger partial charge in [-0.15, -0.1) is 0 Å². The summed E-state index contributed by atoms with van der Waals surface area (Å²) in [6, 6.07) is 0. The van der Waals surface area contributed by atoms with E-state index in [4.69, 9.17) is 4.74 Å². The van der Waals surface area contributed by atoms with Crippen LogP contribution in [0.25, 0.3) is 0 Å². The zero-order chi connectivity index (χ0) is 10.2. The second-order valence-corrected chi connectivity index (χ2v) is 4.42. The molecule has 1 saturated heterocycles. The number of nitrogens with one attached hydrogen (secondary N) is 1. The number of hydrogen-bond acceptors (Lipinski definition) is 4. The van der Waals surface area contributed by atoms with Gasteiger partial charge in [-0.25, -0.2) is 0 Å². The van der Waals surface area contributed by atoms with Crippen LogP contribution in [-0.4, -0.2) is 36.9 Å². The Morgan fingerprint density at radius 2 is 1.93 bits per heavy atom. The molecule has 2 N–H and O–H groups in total. The lowest BCUT2D eigenvalue weighted by Crippen LogP contribution is -2.69. The van der Waals surface area contributed by atoms with Gasteiger partial charge in [-0.3, -0.25) is 4.79 Å². The van der Waals surface area contributed by atoms with Gasteiger partial charge in [-0.1, -0.05) is 12.8 Å². The maximum atomic E-state index is 11.7. The number of methoxy groups -OCH3 is 1. The Kier molecular flexibility index (Phi) is 2.27. The van der Waals surface area contributed by atoms with Crippen molar-refractivity contribution in [3.05, 3.63) is 0 Å². The summed E-state index contributed by atoms with van der Waals surface area (Å²) in [6.07, 6.45) is 3.47.